The fraction of sp³-hybridized carbons (Fsp3) is 0.308. The fourth-order valence-corrected chi connectivity index (χ4v) is 2.94. The Kier molecular flexibility index (Phi) is 5.00. The first-order valence-electron chi connectivity index (χ1n) is 6.59. The molecule has 0 radical (unpaired) electrons. The fourth-order valence-electron chi connectivity index (χ4n) is 1.73. The molecule has 0 fully saturated rings. The zero-order valence-electron chi connectivity index (χ0n) is 12.5. The highest BCUT2D eigenvalue weighted by molar-refractivity contribution is 7.92. The molecule has 0 bridgehead atoms. The average Bonchev–Trinajstić information content (AvgIpc) is 2.46. The number of aromatic nitrogens is 3. The van der Waals surface area contributed by atoms with Crippen LogP contribution in [0.2, 0.25) is 5.28 Å². The number of anilines is 2. The van der Waals surface area contributed by atoms with Gasteiger partial charge < -0.3 is 5.32 Å². The Balaban J connectivity index is 2.57. The highest BCUT2D eigenvalue weighted by Crippen LogP contribution is 2.36. The Morgan fingerprint density at radius 2 is 1.92 bits per heavy atom. The van der Waals surface area contributed by atoms with Crippen LogP contribution in [0.5, 0.6) is 0 Å². The van der Waals surface area contributed by atoms with Crippen LogP contribution in [-0.2, 0) is 16.0 Å². The minimum atomic E-state index is -4.74. The molecule has 130 valence electrons. The van der Waals surface area contributed by atoms with E-state index < -0.39 is 37.9 Å². The Labute approximate surface area is 141 Å². The van der Waals surface area contributed by atoms with Crippen LogP contribution in [0.25, 0.3) is 0 Å². The van der Waals surface area contributed by atoms with Gasteiger partial charge >= 0.3 is 6.18 Å². The van der Waals surface area contributed by atoms with Crippen molar-refractivity contribution in [3.8, 4) is 0 Å². The van der Waals surface area contributed by atoms with Crippen molar-refractivity contribution in [2.75, 3.05) is 5.32 Å². The van der Waals surface area contributed by atoms with E-state index in [1.54, 1.807) is 0 Å². The van der Waals surface area contributed by atoms with Crippen LogP contribution in [0.4, 0.5) is 24.7 Å². The van der Waals surface area contributed by atoms with Crippen LogP contribution in [0.1, 0.15) is 19.4 Å². The van der Waals surface area contributed by atoms with Gasteiger partial charge in [0.15, 0.2) is 14.9 Å². The van der Waals surface area contributed by atoms with Gasteiger partial charge in [-0.1, -0.05) is 0 Å². The standard InChI is InChI=1S/C13H12ClF3N4O2S/c1-7(2)24(22,23)11-9(4-3-5-18-11)20-10-8(13(15,16)17)6-19-12(14)21-10/h3-7H,1-2H3,(H,19,20,21). The summed E-state index contributed by atoms with van der Waals surface area (Å²) in [4.78, 5) is 10.6. The molecule has 6 nitrogen and oxygen atoms in total. The SMILES string of the molecule is CC(C)S(=O)(=O)c1ncccc1Nc1nc(Cl)ncc1C(F)(F)F. The quantitative estimate of drug-likeness (QED) is 0.817. The maximum absolute atomic E-state index is 13.0. The van der Waals surface area contributed by atoms with Gasteiger partial charge in [0.25, 0.3) is 0 Å². The van der Waals surface area contributed by atoms with Crippen LogP contribution in [0.15, 0.2) is 29.6 Å². The zero-order valence-corrected chi connectivity index (χ0v) is 14.0. The normalized spacial score (nSPS) is 12.5. The summed E-state index contributed by atoms with van der Waals surface area (Å²) in [6.45, 7) is 2.88. The van der Waals surface area contributed by atoms with E-state index in [2.05, 4.69) is 20.3 Å². The predicted octanol–water partition coefficient (Wildman–Crippen LogP) is 3.47. The summed E-state index contributed by atoms with van der Waals surface area (Å²) in [5.41, 5.74) is -1.31. The van der Waals surface area contributed by atoms with E-state index in [9.17, 15) is 21.6 Å². The summed E-state index contributed by atoms with van der Waals surface area (Å²) in [7, 11) is -3.82. The van der Waals surface area contributed by atoms with E-state index in [-0.39, 0.29) is 10.7 Å². The van der Waals surface area contributed by atoms with Crippen molar-refractivity contribution in [1.29, 1.82) is 0 Å². The van der Waals surface area contributed by atoms with E-state index in [0.29, 0.717) is 6.20 Å². The van der Waals surface area contributed by atoms with Crippen molar-refractivity contribution in [2.24, 2.45) is 0 Å². The minimum Gasteiger partial charge on any atom is -0.337 e. The molecule has 2 heterocycles. The molecule has 0 atom stereocenters. The lowest BCUT2D eigenvalue weighted by atomic mass is 10.3. The predicted molar refractivity (Wildman–Crippen MR) is 81.9 cm³/mol. The third kappa shape index (κ3) is 3.75. The lowest BCUT2D eigenvalue weighted by Gasteiger charge is -2.16. The van der Waals surface area contributed by atoms with Crippen molar-refractivity contribution < 1.29 is 21.6 Å². The van der Waals surface area contributed by atoms with Crippen molar-refractivity contribution >= 4 is 32.9 Å². The minimum absolute atomic E-state index is 0.133. The highest BCUT2D eigenvalue weighted by atomic mass is 35.5. The molecule has 24 heavy (non-hydrogen) atoms. The number of hydrogen-bond donors (Lipinski definition) is 1. The molecule has 2 rings (SSSR count). The Hall–Kier alpha value is -1.94. The molecule has 0 aliphatic heterocycles. The second-order valence-electron chi connectivity index (χ2n) is 4.97. The van der Waals surface area contributed by atoms with E-state index >= 15 is 0 Å². The average molecular weight is 381 g/mol. The molecule has 0 amide bonds. The lowest BCUT2D eigenvalue weighted by molar-refractivity contribution is -0.137. The number of halogens is 4. The van der Waals surface area contributed by atoms with Crippen molar-refractivity contribution in [3.63, 3.8) is 0 Å². The second kappa shape index (κ2) is 6.52. The Morgan fingerprint density at radius 1 is 1.25 bits per heavy atom. The Bertz CT molecular complexity index is 857. The van der Waals surface area contributed by atoms with Crippen molar-refractivity contribution in [3.05, 3.63) is 35.4 Å². The van der Waals surface area contributed by atoms with Crippen LogP contribution < -0.4 is 5.32 Å². The van der Waals surface area contributed by atoms with Gasteiger partial charge in [-0.2, -0.15) is 18.2 Å². The molecule has 11 heteroatoms. The first-order valence-corrected chi connectivity index (χ1v) is 8.51. The molecule has 0 spiro atoms. The summed E-state index contributed by atoms with van der Waals surface area (Å²) in [5.74, 6) is -0.657. The number of hydrogen-bond acceptors (Lipinski definition) is 6. The molecule has 2 aromatic heterocycles. The van der Waals surface area contributed by atoms with Gasteiger partial charge in [0, 0.05) is 12.4 Å². The molecule has 0 aliphatic carbocycles. The summed E-state index contributed by atoms with van der Waals surface area (Å²) >= 11 is 5.55. The van der Waals surface area contributed by atoms with Crippen molar-refractivity contribution in [2.45, 2.75) is 30.3 Å². The second-order valence-corrected chi connectivity index (χ2v) is 7.73. The molecule has 1 N–H and O–H groups in total. The third-order valence-electron chi connectivity index (χ3n) is 2.98. The molecule has 0 aliphatic rings. The van der Waals surface area contributed by atoms with Crippen LogP contribution in [0.3, 0.4) is 0 Å². The number of pyridine rings is 1. The van der Waals surface area contributed by atoms with E-state index in [4.69, 9.17) is 11.6 Å². The van der Waals surface area contributed by atoms with Gasteiger partial charge in [-0.25, -0.2) is 18.4 Å². The number of nitrogens with one attached hydrogen (secondary N) is 1. The molecular formula is C13H12ClF3N4O2S. The number of sulfone groups is 1. The maximum atomic E-state index is 13.0. The largest absolute Gasteiger partial charge is 0.421 e. The number of alkyl halides is 3. The van der Waals surface area contributed by atoms with Gasteiger partial charge in [0.1, 0.15) is 11.4 Å². The lowest BCUT2D eigenvalue weighted by Crippen LogP contribution is -2.18. The van der Waals surface area contributed by atoms with Gasteiger partial charge in [0.2, 0.25) is 5.28 Å². The summed E-state index contributed by atoms with van der Waals surface area (Å²) < 4.78 is 63.8. The molecule has 0 saturated heterocycles. The molecular weight excluding hydrogens is 369 g/mol. The summed E-state index contributed by atoms with van der Waals surface area (Å²) in [5, 5.41) is 0.764. The maximum Gasteiger partial charge on any atom is 0.421 e. The first-order chi connectivity index (χ1) is 11.0. The highest BCUT2D eigenvalue weighted by Gasteiger charge is 2.36. The topological polar surface area (TPSA) is 84.8 Å². The smallest absolute Gasteiger partial charge is 0.337 e. The molecule has 0 saturated carbocycles. The molecule has 0 unspecified atom stereocenters. The third-order valence-corrected chi connectivity index (χ3v) is 5.27. The van der Waals surface area contributed by atoms with Gasteiger partial charge in [-0.3, -0.25) is 0 Å². The van der Waals surface area contributed by atoms with Crippen molar-refractivity contribution in [1.82, 2.24) is 15.0 Å². The monoisotopic (exact) mass is 380 g/mol. The molecule has 2 aromatic rings. The van der Waals surface area contributed by atoms with Gasteiger partial charge in [-0.05, 0) is 37.6 Å². The number of rotatable bonds is 4. The van der Waals surface area contributed by atoms with Crippen LogP contribution in [0, 0.1) is 0 Å². The van der Waals surface area contributed by atoms with Gasteiger partial charge in [0.05, 0.1) is 10.9 Å². The van der Waals surface area contributed by atoms with Crippen LogP contribution in [-0.4, -0.2) is 28.6 Å². The van der Waals surface area contributed by atoms with E-state index in [1.165, 1.54) is 32.2 Å². The summed E-state index contributed by atoms with van der Waals surface area (Å²) in [6, 6.07) is 2.68. The van der Waals surface area contributed by atoms with Gasteiger partial charge in [-0.15, -0.1) is 0 Å². The first kappa shape index (κ1) is 18.4. The Morgan fingerprint density at radius 3 is 2.50 bits per heavy atom. The zero-order chi connectivity index (χ0) is 18.1. The molecule has 0 aromatic carbocycles. The van der Waals surface area contributed by atoms with Crippen LogP contribution >= 0.6 is 11.6 Å². The summed E-state index contributed by atoms with van der Waals surface area (Å²) in [6.07, 6.45) is -2.99. The van der Waals surface area contributed by atoms with E-state index in [0.717, 1.165) is 0 Å². The van der Waals surface area contributed by atoms with E-state index in [1.807, 2.05) is 0 Å². The number of nitrogens with zero attached hydrogens (tertiary/aromatic N) is 3.